The summed E-state index contributed by atoms with van der Waals surface area (Å²) in [5, 5.41) is 16.3. The lowest BCUT2D eigenvalue weighted by atomic mass is 9.89. The maximum atomic E-state index is 14.0. The van der Waals surface area contributed by atoms with E-state index in [2.05, 4.69) is 27.5 Å². The summed E-state index contributed by atoms with van der Waals surface area (Å²) in [6.45, 7) is 0. The van der Waals surface area contributed by atoms with Gasteiger partial charge in [0, 0.05) is 34.8 Å². The first-order chi connectivity index (χ1) is 16.5. The average molecular weight is 490 g/mol. The van der Waals surface area contributed by atoms with E-state index >= 15 is 0 Å². The van der Waals surface area contributed by atoms with E-state index in [1.54, 1.807) is 35.9 Å². The highest BCUT2D eigenvalue weighted by atomic mass is 32.1. The summed E-state index contributed by atoms with van der Waals surface area (Å²) >= 11 is 3.27. The maximum Gasteiger partial charge on any atom is 0.326 e. The van der Waals surface area contributed by atoms with E-state index in [1.165, 1.54) is 15.9 Å². The number of aromatic nitrogens is 2. The van der Waals surface area contributed by atoms with Crippen LogP contribution in [0, 0.1) is 0 Å². The molecule has 2 atom stereocenters. The zero-order valence-corrected chi connectivity index (χ0v) is 20.1. The fourth-order valence-electron chi connectivity index (χ4n) is 4.40. The van der Waals surface area contributed by atoms with E-state index in [0.29, 0.717) is 12.1 Å². The third-order valence-electron chi connectivity index (χ3n) is 6.24. The molecule has 0 aliphatic heterocycles. The summed E-state index contributed by atoms with van der Waals surface area (Å²) in [4.78, 5) is 34.4. The van der Waals surface area contributed by atoms with Gasteiger partial charge in [-0.2, -0.15) is 0 Å². The molecule has 0 saturated carbocycles. The number of rotatable bonds is 8. The Morgan fingerprint density at radius 1 is 1.00 bits per heavy atom. The van der Waals surface area contributed by atoms with Gasteiger partial charge in [-0.05, 0) is 51.2 Å². The van der Waals surface area contributed by atoms with Gasteiger partial charge >= 0.3 is 5.97 Å². The molecule has 5 aromatic rings. The predicted molar refractivity (Wildman–Crippen MR) is 137 cm³/mol. The van der Waals surface area contributed by atoms with Crippen LogP contribution in [0.3, 0.4) is 0 Å². The molecule has 1 amide bonds. The van der Waals surface area contributed by atoms with Crippen molar-refractivity contribution >= 4 is 54.7 Å². The fourth-order valence-corrected chi connectivity index (χ4v) is 6.39. The number of likely N-dealkylation sites (N-methyl/N-ethyl adjacent to an activating group) is 1. The molecule has 172 valence electrons. The number of carboxylic acids is 1. The number of aromatic amines is 1. The van der Waals surface area contributed by atoms with Crippen LogP contribution in [0.25, 0.3) is 20.2 Å². The highest BCUT2D eigenvalue weighted by Crippen LogP contribution is 2.37. The number of carbonyl (C=O) groups is 2. The molecule has 0 spiro atoms. The van der Waals surface area contributed by atoms with Crippen LogP contribution >= 0.6 is 22.7 Å². The van der Waals surface area contributed by atoms with Crippen LogP contribution in [0.15, 0.2) is 71.8 Å². The Kier molecular flexibility index (Phi) is 6.17. The minimum atomic E-state index is -1.04. The lowest BCUT2D eigenvalue weighted by Crippen LogP contribution is -2.46. The smallest absolute Gasteiger partial charge is 0.326 e. The van der Waals surface area contributed by atoms with Crippen LogP contribution in [-0.2, 0) is 22.4 Å². The van der Waals surface area contributed by atoms with Gasteiger partial charge < -0.3 is 15.0 Å². The maximum absolute atomic E-state index is 14.0. The molecule has 2 aromatic carbocycles. The van der Waals surface area contributed by atoms with Gasteiger partial charge in [-0.3, -0.25) is 4.79 Å². The molecular weight excluding hydrogens is 466 g/mol. The topological polar surface area (TPSA) is 86.3 Å². The monoisotopic (exact) mass is 489 g/mol. The van der Waals surface area contributed by atoms with Gasteiger partial charge in [0.2, 0.25) is 5.91 Å². The Balaban J connectivity index is 1.54. The van der Waals surface area contributed by atoms with Crippen molar-refractivity contribution < 1.29 is 14.7 Å². The van der Waals surface area contributed by atoms with Crippen molar-refractivity contribution in [1.82, 2.24) is 14.9 Å². The lowest BCUT2D eigenvalue weighted by Gasteiger charge is -2.29. The molecule has 0 aliphatic rings. The van der Waals surface area contributed by atoms with Gasteiger partial charge in [-0.15, -0.1) is 22.7 Å². The summed E-state index contributed by atoms with van der Waals surface area (Å²) in [7, 11) is 1.59. The van der Waals surface area contributed by atoms with E-state index in [0.717, 1.165) is 26.6 Å². The SMILES string of the molecule is CN(C(=O)C(Cc1csc2ccccc12)c1csc2ccccc12)[C@@H](Cc1cnc[nH]1)C(=O)O. The summed E-state index contributed by atoms with van der Waals surface area (Å²) < 4.78 is 2.29. The second kappa shape index (κ2) is 9.40. The third-order valence-corrected chi connectivity index (χ3v) is 8.23. The normalized spacial score (nSPS) is 13.2. The van der Waals surface area contributed by atoms with E-state index in [-0.39, 0.29) is 12.3 Å². The van der Waals surface area contributed by atoms with Gasteiger partial charge in [0.05, 0.1) is 12.2 Å². The number of fused-ring (bicyclic) bond motifs is 2. The number of carbonyl (C=O) groups excluding carboxylic acids is 1. The molecule has 8 heteroatoms. The van der Waals surface area contributed by atoms with Gasteiger partial charge in [0.1, 0.15) is 6.04 Å². The number of carboxylic acid groups (broad SMARTS) is 1. The van der Waals surface area contributed by atoms with Crippen LogP contribution in [0.5, 0.6) is 0 Å². The highest BCUT2D eigenvalue weighted by Gasteiger charge is 2.34. The minimum Gasteiger partial charge on any atom is -0.480 e. The van der Waals surface area contributed by atoms with Crippen molar-refractivity contribution in [1.29, 1.82) is 0 Å². The number of nitrogens with one attached hydrogen (secondary N) is 1. The number of aliphatic carboxylic acids is 1. The van der Waals surface area contributed by atoms with Gasteiger partial charge in [0.25, 0.3) is 0 Å². The van der Waals surface area contributed by atoms with Crippen LogP contribution in [-0.4, -0.2) is 44.9 Å². The Morgan fingerprint density at radius 3 is 2.38 bits per heavy atom. The molecule has 34 heavy (non-hydrogen) atoms. The first-order valence-corrected chi connectivity index (χ1v) is 12.7. The minimum absolute atomic E-state index is 0.163. The Labute approximate surface area is 204 Å². The number of hydrogen-bond acceptors (Lipinski definition) is 5. The van der Waals surface area contributed by atoms with Crippen LogP contribution in [0.1, 0.15) is 22.7 Å². The molecule has 0 saturated heterocycles. The van der Waals surface area contributed by atoms with Crippen molar-refractivity contribution in [2.75, 3.05) is 7.05 Å². The Bertz CT molecular complexity index is 1450. The summed E-state index contributed by atoms with van der Waals surface area (Å²) in [6.07, 6.45) is 3.77. The molecule has 6 nitrogen and oxygen atoms in total. The molecule has 0 fully saturated rings. The number of hydrogen-bond donors (Lipinski definition) is 2. The quantitative estimate of drug-likeness (QED) is 0.309. The van der Waals surface area contributed by atoms with Crippen molar-refractivity contribution in [3.63, 3.8) is 0 Å². The van der Waals surface area contributed by atoms with Crippen LogP contribution < -0.4 is 0 Å². The number of thiophene rings is 2. The molecule has 3 heterocycles. The molecule has 3 aromatic heterocycles. The van der Waals surface area contributed by atoms with Crippen molar-refractivity contribution in [2.45, 2.75) is 24.8 Å². The highest BCUT2D eigenvalue weighted by molar-refractivity contribution is 7.17. The fraction of sp³-hybridized carbons (Fsp3) is 0.192. The van der Waals surface area contributed by atoms with Crippen molar-refractivity contribution in [3.8, 4) is 0 Å². The van der Waals surface area contributed by atoms with Crippen molar-refractivity contribution in [3.05, 3.63) is 88.6 Å². The number of nitrogens with zero attached hydrogens (tertiary/aromatic N) is 2. The van der Waals surface area contributed by atoms with Crippen molar-refractivity contribution in [2.24, 2.45) is 0 Å². The van der Waals surface area contributed by atoms with Crippen LogP contribution in [0.4, 0.5) is 0 Å². The third kappa shape index (κ3) is 4.22. The van der Waals surface area contributed by atoms with E-state index in [4.69, 9.17) is 0 Å². The molecule has 1 unspecified atom stereocenters. The zero-order chi connectivity index (χ0) is 23.7. The standard InChI is InChI=1S/C26H23N3O3S2/c1-29(22(26(31)32)11-17-12-27-15-28-17)25(30)20(21-14-34-24-9-5-3-7-19(21)24)10-16-13-33-23-8-4-2-6-18(16)23/h2-9,12-15,20,22H,10-11H2,1H3,(H,27,28)(H,31,32)/t20?,22-/m0/s1. The molecule has 0 bridgehead atoms. The first-order valence-electron chi connectivity index (χ1n) is 10.9. The van der Waals surface area contributed by atoms with E-state index < -0.39 is 17.9 Å². The number of amides is 1. The second-order valence-electron chi connectivity index (χ2n) is 8.29. The number of benzene rings is 2. The molecule has 5 rings (SSSR count). The predicted octanol–water partition coefficient (Wildman–Crippen LogP) is 5.32. The average Bonchev–Trinajstić information content (AvgIpc) is 3.60. The first kappa shape index (κ1) is 22.3. The Hall–Kier alpha value is -3.49. The summed E-state index contributed by atoms with van der Waals surface area (Å²) in [5.41, 5.74) is 2.72. The molecular formula is C26H23N3O3S2. The van der Waals surface area contributed by atoms with Gasteiger partial charge in [-0.1, -0.05) is 36.4 Å². The van der Waals surface area contributed by atoms with Crippen LogP contribution in [0.2, 0.25) is 0 Å². The summed E-state index contributed by atoms with van der Waals surface area (Å²) in [6, 6.07) is 15.2. The molecule has 0 aliphatic carbocycles. The molecule has 0 radical (unpaired) electrons. The van der Waals surface area contributed by atoms with E-state index in [9.17, 15) is 14.7 Å². The van der Waals surface area contributed by atoms with Gasteiger partial charge in [-0.25, -0.2) is 9.78 Å². The number of H-pyrrole nitrogens is 1. The largest absolute Gasteiger partial charge is 0.480 e. The summed E-state index contributed by atoms with van der Waals surface area (Å²) in [5.74, 6) is -1.74. The Morgan fingerprint density at radius 2 is 1.68 bits per heavy atom. The second-order valence-corrected chi connectivity index (χ2v) is 10.1. The lowest BCUT2D eigenvalue weighted by molar-refractivity contribution is -0.149. The van der Waals surface area contributed by atoms with E-state index in [1.807, 2.05) is 41.8 Å². The molecule has 2 N–H and O–H groups in total. The number of imidazole rings is 1. The van der Waals surface area contributed by atoms with Gasteiger partial charge in [0.15, 0.2) is 0 Å². The zero-order valence-electron chi connectivity index (χ0n) is 18.5.